The van der Waals surface area contributed by atoms with Gasteiger partial charge < -0.3 is 15.0 Å². The third-order valence-corrected chi connectivity index (χ3v) is 3.33. The Bertz CT molecular complexity index is 522. The smallest absolute Gasteiger partial charge is 0.332 e. The molecule has 1 aliphatic heterocycles. The number of rotatable bonds is 3. The molecule has 1 saturated heterocycles. The summed E-state index contributed by atoms with van der Waals surface area (Å²) in [4.78, 5) is 21.2. The summed E-state index contributed by atoms with van der Waals surface area (Å²) in [6, 6.07) is 0.0314. The van der Waals surface area contributed by atoms with Crippen LogP contribution in [0, 0.1) is 17.0 Å². The van der Waals surface area contributed by atoms with E-state index in [0.717, 1.165) is 0 Å². The van der Waals surface area contributed by atoms with E-state index >= 15 is 0 Å². The Kier molecular flexibility index (Phi) is 4.03. The summed E-state index contributed by atoms with van der Waals surface area (Å²) in [5, 5.41) is 14.2. The molecular weight excluding hydrogens is 262 g/mol. The van der Waals surface area contributed by atoms with Crippen molar-refractivity contribution in [3.05, 3.63) is 15.8 Å². The Balaban J connectivity index is 2.52. The van der Waals surface area contributed by atoms with Gasteiger partial charge in [-0.1, -0.05) is 0 Å². The monoisotopic (exact) mass is 281 g/mol. The Morgan fingerprint density at radius 2 is 2.15 bits per heavy atom. The minimum absolute atomic E-state index is 0.0131. The highest BCUT2D eigenvalue weighted by atomic mass is 16.6. The number of nitro groups is 1. The standard InChI is InChI=1S/C12H19N5O3/c1-7-6-20-8(2)5-16(7)11-10(17(18)19)9(3)14-12(13-4)15-11/h7-8H,5-6H2,1-4H3,(H,13,14,15). The third-order valence-electron chi connectivity index (χ3n) is 3.33. The minimum Gasteiger partial charge on any atom is -0.375 e. The van der Waals surface area contributed by atoms with E-state index in [-0.39, 0.29) is 17.8 Å². The number of nitrogens with zero attached hydrogens (tertiary/aromatic N) is 4. The predicted molar refractivity (Wildman–Crippen MR) is 75.2 cm³/mol. The highest BCUT2D eigenvalue weighted by Gasteiger charge is 2.32. The molecule has 0 bridgehead atoms. The lowest BCUT2D eigenvalue weighted by Gasteiger charge is -2.37. The molecule has 0 amide bonds. The molecule has 1 N–H and O–H groups in total. The summed E-state index contributed by atoms with van der Waals surface area (Å²) in [6.07, 6.45) is 0.0131. The van der Waals surface area contributed by atoms with Crippen LogP contribution in [0.3, 0.4) is 0 Å². The van der Waals surface area contributed by atoms with Gasteiger partial charge in [-0.15, -0.1) is 0 Å². The van der Waals surface area contributed by atoms with Crippen molar-refractivity contribution in [3.63, 3.8) is 0 Å². The molecule has 0 aliphatic carbocycles. The van der Waals surface area contributed by atoms with Gasteiger partial charge in [0.2, 0.25) is 11.8 Å². The van der Waals surface area contributed by atoms with E-state index in [2.05, 4.69) is 15.3 Å². The van der Waals surface area contributed by atoms with E-state index in [1.807, 2.05) is 18.7 Å². The van der Waals surface area contributed by atoms with Gasteiger partial charge >= 0.3 is 5.69 Å². The highest BCUT2D eigenvalue weighted by molar-refractivity contribution is 5.63. The van der Waals surface area contributed by atoms with E-state index in [9.17, 15) is 10.1 Å². The first-order chi connectivity index (χ1) is 9.43. The van der Waals surface area contributed by atoms with E-state index in [1.54, 1.807) is 14.0 Å². The van der Waals surface area contributed by atoms with Gasteiger partial charge in [-0.05, 0) is 20.8 Å². The predicted octanol–water partition coefficient (Wildman–Crippen LogP) is 1.35. The number of anilines is 2. The zero-order valence-corrected chi connectivity index (χ0v) is 12.1. The average Bonchev–Trinajstić information content (AvgIpc) is 2.40. The Hall–Kier alpha value is -1.96. The first-order valence-corrected chi connectivity index (χ1v) is 6.53. The molecule has 0 spiro atoms. The van der Waals surface area contributed by atoms with E-state index in [0.29, 0.717) is 30.6 Å². The zero-order chi connectivity index (χ0) is 14.9. The number of hydrogen-bond acceptors (Lipinski definition) is 7. The van der Waals surface area contributed by atoms with Crippen LogP contribution in [-0.4, -0.2) is 47.2 Å². The summed E-state index contributed by atoms with van der Waals surface area (Å²) in [7, 11) is 1.69. The van der Waals surface area contributed by atoms with E-state index in [4.69, 9.17) is 4.74 Å². The molecule has 1 aromatic rings. The van der Waals surface area contributed by atoms with Crippen LogP contribution in [0.4, 0.5) is 17.5 Å². The topological polar surface area (TPSA) is 93.4 Å². The van der Waals surface area contributed by atoms with E-state index < -0.39 is 4.92 Å². The van der Waals surface area contributed by atoms with Crippen molar-refractivity contribution in [3.8, 4) is 0 Å². The molecule has 0 radical (unpaired) electrons. The summed E-state index contributed by atoms with van der Waals surface area (Å²) < 4.78 is 5.56. The molecule has 8 heteroatoms. The molecule has 1 fully saturated rings. The number of hydrogen-bond donors (Lipinski definition) is 1. The quantitative estimate of drug-likeness (QED) is 0.660. The second-order valence-electron chi connectivity index (χ2n) is 4.96. The summed E-state index contributed by atoms with van der Waals surface area (Å²) in [5.74, 6) is 0.740. The fraction of sp³-hybridized carbons (Fsp3) is 0.667. The van der Waals surface area contributed by atoms with Gasteiger partial charge in [0, 0.05) is 13.6 Å². The third kappa shape index (κ3) is 2.64. The van der Waals surface area contributed by atoms with Crippen molar-refractivity contribution < 1.29 is 9.66 Å². The lowest BCUT2D eigenvalue weighted by Crippen LogP contribution is -2.48. The second-order valence-corrected chi connectivity index (χ2v) is 4.96. The molecule has 1 aromatic heterocycles. The first kappa shape index (κ1) is 14.4. The van der Waals surface area contributed by atoms with Crippen molar-refractivity contribution in [2.75, 3.05) is 30.4 Å². The van der Waals surface area contributed by atoms with Crippen molar-refractivity contribution in [2.45, 2.75) is 32.9 Å². The van der Waals surface area contributed by atoms with Crippen LogP contribution < -0.4 is 10.2 Å². The summed E-state index contributed by atoms with van der Waals surface area (Å²) in [6.45, 7) is 6.63. The number of ether oxygens (including phenoxy) is 1. The van der Waals surface area contributed by atoms with Crippen molar-refractivity contribution in [2.24, 2.45) is 0 Å². The summed E-state index contributed by atoms with van der Waals surface area (Å²) in [5.41, 5.74) is 0.320. The van der Waals surface area contributed by atoms with Crippen LogP contribution in [-0.2, 0) is 4.74 Å². The van der Waals surface area contributed by atoms with Crippen LogP contribution in [0.2, 0.25) is 0 Å². The molecule has 0 saturated carbocycles. The number of aromatic nitrogens is 2. The largest absolute Gasteiger partial charge is 0.375 e. The van der Waals surface area contributed by atoms with Gasteiger partial charge in [-0.2, -0.15) is 4.98 Å². The Morgan fingerprint density at radius 3 is 2.75 bits per heavy atom. The maximum atomic E-state index is 11.3. The normalized spacial score (nSPS) is 22.7. The lowest BCUT2D eigenvalue weighted by molar-refractivity contribution is -0.385. The van der Waals surface area contributed by atoms with Gasteiger partial charge in [-0.3, -0.25) is 10.1 Å². The van der Waals surface area contributed by atoms with Gasteiger partial charge in [0.1, 0.15) is 5.69 Å². The van der Waals surface area contributed by atoms with Gasteiger partial charge in [0.15, 0.2) is 0 Å². The lowest BCUT2D eigenvalue weighted by atomic mass is 10.2. The highest BCUT2D eigenvalue weighted by Crippen LogP contribution is 2.32. The molecule has 2 rings (SSSR count). The van der Waals surface area contributed by atoms with Crippen LogP contribution in [0.25, 0.3) is 0 Å². The maximum Gasteiger partial charge on any atom is 0.332 e. The molecule has 0 aromatic carbocycles. The first-order valence-electron chi connectivity index (χ1n) is 6.53. The van der Waals surface area contributed by atoms with Gasteiger partial charge in [0.05, 0.1) is 23.7 Å². The molecule has 2 atom stereocenters. The van der Waals surface area contributed by atoms with Crippen LogP contribution in [0.15, 0.2) is 0 Å². The molecule has 2 unspecified atom stereocenters. The van der Waals surface area contributed by atoms with Crippen LogP contribution in [0.1, 0.15) is 19.5 Å². The van der Waals surface area contributed by atoms with Crippen LogP contribution in [0.5, 0.6) is 0 Å². The summed E-state index contributed by atoms with van der Waals surface area (Å²) >= 11 is 0. The van der Waals surface area contributed by atoms with Crippen molar-refractivity contribution in [1.82, 2.24) is 9.97 Å². The van der Waals surface area contributed by atoms with Gasteiger partial charge in [-0.25, -0.2) is 4.98 Å². The van der Waals surface area contributed by atoms with E-state index in [1.165, 1.54) is 0 Å². The number of morpholine rings is 1. The average molecular weight is 281 g/mol. The van der Waals surface area contributed by atoms with Gasteiger partial charge in [0.25, 0.3) is 0 Å². The molecule has 2 heterocycles. The van der Waals surface area contributed by atoms with Crippen molar-refractivity contribution >= 4 is 17.5 Å². The van der Waals surface area contributed by atoms with Crippen molar-refractivity contribution in [1.29, 1.82) is 0 Å². The fourth-order valence-electron chi connectivity index (χ4n) is 2.28. The molecule has 1 aliphatic rings. The zero-order valence-electron chi connectivity index (χ0n) is 12.1. The second kappa shape index (κ2) is 5.58. The number of aryl methyl sites for hydroxylation is 1. The SMILES string of the molecule is CNc1nc(C)c([N+](=O)[O-])c(N2CC(C)OCC2C)n1. The Morgan fingerprint density at radius 1 is 1.45 bits per heavy atom. The molecule has 110 valence electrons. The molecule has 8 nitrogen and oxygen atoms in total. The van der Waals surface area contributed by atoms with Crippen LogP contribution >= 0.6 is 0 Å². The molecular formula is C12H19N5O3. The fourth-order valence-corrected chi connectivity index (χ4v) is 2.28. The maximum absolute atomic E-state index is 11.3. The minimum atomic E-state index is -0.420. The molecule has 20 heavy (non-hydrogen) atoms. The number of nitrogens with one attached hydrogen (secondary N) is 1. The Labute approximate surface area is 117 Å².